The van der Waals surface area contributed by atoms with Crippen molar-refractivity contribution in [2.75, 3.05) is 31.8 Å². The van der Waals surface area contributed by atoms with Gasteiger partial charge >= 0.3 is 0 Å². The standard InChI is InChI=1S/C33H38N2O4/c1-5-22-11-20(3)12-23(6-2)33(22)34-32(36)18-35-17-26(27-16-31-30(13-21(27)4)38-19-39-31)15-28(35)24-7-8-29-25(14-24)9-10-37-29/h7-8,11-14,16,26,28H,5-6,9-10,15,17-19H2,1-4H3,(H,34,36). The minimum Gasteiger partial charge on any atom is -0.493 e. The van der Waals surface area contributed by atoms with Gasteiger partial charge in [0.1, 0.15) is 5.75 Å². The molecule has 0 spiro atoms. The summed E-state index contributed by atoms with van der Waals surface area (Å²) in [6.07, 6.45) is 3.66. The zero-order valence-electron chi connectivity index (χ0n) is 23.4. The first-order valence-electron chi connectivity index (χ1n) is 14.3. The van der Waals surface area contributed by atoms with Gasteiger partial charge in [0.15, 0.2) is 11.5 Å². The number of ether oxygens (including phenoxy) is 3. The van der Waals surface area contributed by atoms with Crippen LogP contribution in [0.2, 0.25) is 0 Å². The molecule has 2 atom stereocenters. The quantitative estimate of drug-likeness (QED) is 0.394. The molecular weight excluding hydrogens is 488 g/mol. The molecule has 1 amide bonds. The molecule has 0 saturated carbocycles. The molecule has 0 radical (unpaired) electrons. The molecule has 3 aromatic rings. The predicted octanol–water partition coefficient (Wildman–Crippen LogP) is 6.26. The van der Waals surface area contributed by atoms with Crippen molar-refractivity contribution in [3.8, 4) is 17.2 Å². The van der Waals surface area contributed by atoms with Crippen LogP contribution in [0.3, 0.4) is 0 Å². The Bertz CT molecular complexity index is 1390. The lowest BCUT2D eigenvalue weighted by atomic mass is 9.90. The molecule has 3 heterocycles. The van der Waals surface area contributed by atoms with Crippen LogP contribution in [0.1, 0.15) is 71.2 Å². The smallest absolute Gasteiger partial charge is 0.238 e. The molecule has 2 unspecified atom stereocenters. The van der Waals surface area contributed by atoms with Crippen molar-refractivity contribution in [2.24, 2.45) is 0 Å². The summed E-state index contributed by atoms with van der Waals surface area (Å²) in [4.78, 5) is 16.0. The minimum absolute atomic E-state index is 0.0424. The van der Waals surface area contributed by atoms with E-state index in [1.807, 2.05) is 0 Å². The first-order valence-corrected chi connectivity index (χ1v) is 14.3. The van der Waals surface area contributed by atoms with Crippen molar-refractivity contribution >= 4 is 11.6 Å². The van der Waals surface area contributed by atoms with Crippen molar-refractivity contribution < 1.29 is 19.0 Å². The van der Waals surface area contributed by atoms with Crippen LogP contribution >= 0.6 is 0 Å². The summed E-state index contributed by atoms with van der Waals surface area (Å²) in [5.74, 6) is 2.95. The van der Waals surface area contributed by atoms with E-state index < -0.39 is 0 Å². The van der Waals surface area contributed by atoms with Gasteiger partial charge in [0.25, 0.3) is 0 Å². The second-order valence-electron chi connectivity index (χ2n) is 11.1. The van der Waals surface area contributed by atoms with Crippen LogP contribution in [0.4, 0.5) is 5.69 Å². The molecule has 39 heavy (non-hydrogen) atoms. The van der Waals surface area contributed by atoms with Crippen molar-refractivity contribution in [3.05, 3.63) is 81.4 Å². The number of fused-ring (bicyclic) bond motifs is 2. The maximum atomic E-state index is 13.6. The molecule has 1 N–H and O–H groups in total. The third-order valence-electron chi connectivity index (χ3n) is 8.52. The zero-order chi connectivity index (χ0) is 27.1. The second-order valence-corrected chi connectivity index (χ2v) is 11.1. The number of benzene rings is 3. The lowest BCUT2D eigenvalue weighted by Gasteiger charge is -2.25. The Labute approximate surface area is 231 Å². The fraction of sp³-hybridized carbons (Fsp3) is 0.424. The van der Waals surface area contributed by atoms with E-state index in [0.717, 1.165) is 61.8 Å². The van der Waals surface area contributed by atoms with Gasteiger partial charge in [0.2, 0.25) is 12.7 Å². The number of carbonyl (C=O) groups excluding carboxylic acids is 1. The van der Waals surface area contributed by atoms with E-state index in [4.69, 9.17) is 14.2 Å². The van der Waals surface area contributed by atoms with E-state index in [-0.39, 0.29) is 18.7 Å². The number of rotatable bonds is 7. The van der Waals surface area contributed by atoms with E-state index in [1.165, 1.54) is 38.9 Å². The van der Waals surface area contributed by atoms with E-state index in [9.17, 15) is 4.79 Å². The van der Waals surface area contributed by atoms with E-state index >= 15 is 0 Å². The van der Waals surface area contributed by atoms with Crippen molar-refractivity contribution in [1.82, 2.24) is 4.90 Å². The number of nitrogens with one attached hydrogen (secondary N) is 1. The summed E-state index contributed by atoms with van der Waals surface area (Å²) in [5, 5.41) is 3.31. The van der Waals surface area contributed by atoms with E-state index in [1.54, 1.807) is 0 Å². The van der Waals surface area contributed by atoms with Crippen LogP contribution in [-0.2, 0) is 24.1 Å². The van der Waals surface area contributed by atoms with Crippen LogP contribution in [0, 0.1) is 13.8 Å². The first kappa shape index (κ1) is 25.8. The van der Waals surface area contributed by atoms with Crippen LogP contribution in [0.15, 0.2) is 42.5 Å². The normalized spacial score (nSPS) is 19.7. The molecule has 3 aliphatic rings. The average Bonchev–Trinajstić information content (AvgIpc) is 3.67. The van der Waals surface area contributed by atoms with Crippen LogP contribution in [-0.4, -0.2) is 37.3 Å². The Morgan fingerprint density at radius 3 is 2.44 bits per heavy atom. The molecule has 204 valence electrons. The molecule has 6 rings (SSSR count). The highest BCUT2D eigenvalue weighted by molar-refractivity contribution is 5.94. The lowest BCUT2D eigenvalue weighted by Crippen LogP contribution is -2.33. The fourth-order valence-electron chi connectivity index (χ4n) is 6.59. The maximum Gasteiger partial charge on any atom is 0.238 e. The zero-order valence-corrected chi connectivity index (χ0v) is 23.4. The van der Waals surface area contributed by atoms with Crippen molar-refractivity contribution in [2.45, 2.75) is 65.3 Å². The number of hydrogen-bond donors (Lipinski definition) is 1. The Balaban J connectivity index is 1.29. The number of likely N-dealkylation sites (tertiary alicyclic amines) is 1. The Hall–Kier alpha value is -3.51. The first-order chi connectivity index (χ1) is 18.9. The summed E-state index contributed by atoms with van der Waals surface area (Å²) in [6.45, 7) is 10.7. The molecule has 3 aromatic carbocycles. The Morgan fingerprint density at radius 1 is 0.949 bits per heavy atom. The molecular formula is C33H38N2O4. The highest BCUT2D eigenvalue weighted by Gasteiger charge is 2.37. The number of hydrogen-bond acceptors (Lipinski definition) is 5. The van der Waals surface area contributed by atoms with Crippen LogP contribution in [0.25, 0.3) is 0 Å². The molecule has 1 fully saturated rings. The van der Waals surface area contributed by atoms with E-state index in [2.05, 4.69) is 80.4 Å². The number of carbonyl (C=O) groups is 1. The fourth-order valence-corrected chi connectivity index (χ4v) is 6.59. The molecule has 0 bridgehead atoms. The summed E-state index contributed by atoms with van der Waals surface area (Å²) < 4.78 is 17.1. The Kier molecular flexibility index (Phi) is 6.98. The average molecular weight is 527 g/mol. The number of aryl methyl sites for hydroxylation is 4. The molecule has 0 aliphatic carbocycles. The Morgan fingerprint density at radius 2 is 1.69 bits per heavy atom. The second kappa shape index (κ2) is 10.6. The molecule has 3 aliphatic heterocycles. The lowest BCUT2D eigenvalue weighted by molar-refractivity contribution is -0.117. The number of amides is 1. The number of anilines is 1. The summed E-state index contributed by atoms with van der Waals surface area (Å²) in [7, 11) is 0. The van der Waals surface area contributed by atoms with Gasteiger partial charge in [-0.3, -0.25) is 9.69 Å². The van der Waals surface area contributed by atoms with E-state index in [0.29, 0.717) is 12.5 Å². The largest absolute Gasteiger partial charge is 0.493 e. The molecule has 0 aromatic heterocycles. The SMILES string of the molecule is CCc1cc(C)cc(CC)c1NC(=O)CN1CC(c2cc3c(cc2C)OCO3)CC1c1ccc2c(c1)CCO2. The third kappa shape index (κ3) is 4.98. The minimum atomic E-state index is 0.0424. The molecule has 6 nitrogen and oxygen atoms in total. The molecule has 6 heteroatoms. The molecule has 1 saturated heterocycles. The van der Waals surface area contributed by atoms with Gasteiger partial charge in [-0.1, -0.05) is 43.7 Å². The van der Waals surface area contributed by atoms with Gasteiger partial charge in [-0.2, -0.15) is 0 Å². The van der Waals surface area contributed by atoms with Crippen molar-refractivity contribution in [3.63, 3.8) is 0 Å². The summed E-state index contributed by atoms with van der Waals surface area (Å²) in [5.41, 5.74) is 9.63. The highest BCUT2D eigenvalue weighted by Crippen LogP contribution is 2.45. The topological polar surface area (TPSA) is 60.0 Å². The van der Waals surface area contributed by atoms with Crippen LogP contribution < -0.4 is 19.5 Å². The summed E-state index contributed by atoms with van der Waals surface area (Å²) in [6, 6.07) is 15.3. The van der Waals surface area contributed by atoms with Gasteiger partial charge in [-0.15, -0.1) is 0 Å². The highest BCUT2D eigenvalue weighted by atomic mass is 16.7. The maximum absolute atomic E-state index is 13.6. The third-order valence-corrected chi connectivity index (χ3v) is 8.52. The summed E-state index contributed by atoms with van der Waals surface area (Å²) >= 11 is 0. The van der Waals surface area contributed by atoms with Gasteiger partial charge in [0.05, 0.1) is 13.2 Å². The van der Waals surface area contributed by atoms with Gasteiger partial charge in [0, 0.05) is 24.7 Å². The number of nitrogens with zero attached hydrogens (tertiary/aromatic N) is 1. The van der Waals surface area contributed by atoms with Gasteiger partial charge in [-0.25, -0.2) is 0 Å². The van der Waals surface area contributed by atoms with Crippen LogP contribution in [0.5, 0.6) is 17.2 Å². The monoisotopic (exact) mass is 526 g/mol. The predicted molar refractivity (Wildman–Crippen MR) is 153 cm³/mol. The van der Waals surface area contributed by atoms with Gasteiger partial charge < -0.3 is 19.5 Å². The van der Waals surface area contributed by atoms with Gasteiger partial charge in [-0.05, 0) is 90.6 Å². The van der Waals surface area contributed by atoms with Crippen molar-refractivity contribution in [1.29, 1.82) is 0 Å².